The summed E-state index contributed by atoms with van der Waals surface area (Å²) >= 11 is 0. The van der Waals surface area contributed by atoms with Crippen LogP contribution in [-0.4, -0.2) is 16.1 Å². The van der Waals surface area contributed by atoms with Gasteiger partial charge in [-0.05, 0) is 48.2 Å². The summed E-state index contributed by atoms with van der Waals surface area (Å²) < 4.78 is 0. The number of H-pyrrole nitrogens is 1. The van der Waals surface area contributed by atoms with Gasteiger partial charge in [-0.2, -0.15) is 0 Å². The van der Waals surface area contributed by atoms with Crippen molar-refractivity contribution in [3.63, 3.8) is 0 Å². The fraction of sp³-hybridized carbons (Fsp3) is 0.211. The Kier molecular flexibility index (Phi) is 3.72. The minimum Gasteiger partial charge on any atom is -0.481 e. The number of aliphatic carboxylic acids is 1. The number of hydrogen-bond donors (Lipinski definition) is 2. The molecule has 112 valence electrons. The van der Waals surface area contributed by atoms with Crippen LogP contribution in [-0.2, 0) is 17.6 Å². The second-order valence-corrected chi connectivity index (χ2v) is 5.65. The molecule has 0 bridgehead atoms. The highest BCUT2D eigenvalue weighted by atomic mass is 16.4. The Morgan fingerprint density at radius 3 is 2.68 bits per heavy atom. The molecule has 1 aromatic heterocycles. The fourth-order valence-corrected chi connectivity index (χ4v) is 2.90. The number of carbonyl (C=O) groups is 1. The number of carboxylic acid groups (broad SMARTS) is 1. The Balaban J connectivity index is 2.26. The lowest BCUT2D eigenvalue weighted by atomic mass is 10.00. The van der Waals surface area contributed by atoms with Crippen LogP contribution in [0.4, 0.5) is 0 Å². The topological polar surface area (TPSA) is 53.1 Å². The number of fused-ring (bicyclic) bond motifs is 1. The van der Waals surface area contributed by atoms with Gasteiger partial charge < -0.3 is 10.1 Å². The van der Waals surface area contributed by atoms with Crippen molar-refractivity contribution < 1.29 is 9.90 Å². The van der Waals surface area contributed by atoms with Crippen LogP contribution < -0.4 is 0 Å². The summed E-state index contributed by atoms with van der Waals surface area (Å²) in [5.41, 5.74) is 6.17. The lowest BCUT2D eigenvalue weighted by Crippen LogP contribution is -2.01. The fourth-order valence-electron chi connectivity index (χ4n) is 2.90. The summed E-state index contributed by atoms with van der Waals surface area (Å²) in [5, 5.41) is 10.3. The van der Waals surface area contributed by atoms with E-state index in [-0.39, 0.29) is 6.42 Å². The molecule has 1 heterocycles. The number of carboxylic acids is 1. The van der Waals surface area contributed by atoms with Crippen molar-refractivity contribution in [2.24, 2.45) is 0 Å². The van der Waals surface area contributed by atoms with Crippen molar-refractivity contribution in [1.82, 2.24) is 4.98 Å². The Morgan fingerprint density at radius 1 is 1.18 bits per heavy atom. The van der Waals surface area contributed by atoms with Crippen molar-refractivity contribution in [1.29, 1.82) is 0 Å². The molecule has 3 nitrogen and oxygen atoms in total. The molecule has 0 fully saturated rings. The summed E-state index contributed by atoms with van der Waals surface area (Å²) in [6, 6.07) is 14.4. The molecule has 0 aliphatic heterocycles. The Morgan fingerprint density at radius 2 is 2.00 bits per heavy atom. The largest absolute Gasteiger partial charge is 0.481 e. The van der Waals surface area contributed by atoms with Crippen LogP contribution in [0.5, 0.6) is 0 Å². The monoisotopic (exact) mass is 293 g/mol. The lowest BCUT2D eigenvalue weighted by Gasteiger charge is -2.04. The summed E-state index contributed by atoms with van der Waals surface area (Å²) in [4.78, 5) is 14.7. The van der Waals surface area contributed by atoms with Crippen molar-refractivity contribution >= 4 is 16.9 Å². The molecule has 0 saturated heterocycles. The van der Waals surface area contributed by atoms with Gasteiger partial charge in [0.25, 0.3) is 0 Å². The Hall–Kier alpha value is -2.55. The van der Waals surface area contributed by atoms with Gasteiger partial charge in [-0.3, -0.25) is 4.79 Å². The smallest absolute Gasteiger partial charge is 0.307 e. The minimum absolute atomic E-state index is 0.0242. The van der Waals surface area contributed by atoms with Crippen molar-refractivity contribution in [2.45, 2.75) is 26.7 Å². The van der Waals surface area contributed by atoms with Crippen molar-refractivity contribution in [3.05, 3.63) is 59.2 Å². The molecule has 3 heteroatoms. The van der Waals surface area contributed by atoms with E-state index in [4.69, 9.17) is 0 Å². The van der Waals surface area contributed by atoms with E-state index < -0.39 is 5.97 Å². The number of aryl methyl sites for hydroxylation is 2. The minimum atomic E-state index is -0.809. The molecule has 3 rings (SSSR count). The highest BCUT2D eigenvalue weighted by Gasteiger charge is 2.16. The van der Waals surface area contributed by atoms with Crippen LogP contribution in [0.3, 0.4) is 0 Å². The first-order valence-electron chi connectivity index (χ1n) is 7.50. The zero-order valence-electron chi connectivity index (χ0n) is 12.8. The van der Waals surface area contributed by atoms with Gasteiger partial charge in [0.2, 0.25) is 0 Å². The molecule has 0 saturated carbocycles. The van der Waals surface area contributed by atoms with Crippen LogP contribution >= 0.6 is 0 Å². The van der Waals surface area contributed by atoms with Gasteiger partial charge in [0, 0.05) is 10.9 Å². The average molecular weight is 293 g/mol. The molecule has 0 aliphatic carbocycles. The molecule has 2 N–H and O–H groups in total. The van der Waals surface area contributed by atoms with E-state index in [0.29, 0.717) is 0 Å². The number of nitrogens with one attached hydrogen (secondary N) is 1. The first-order valence-corrected chi connectivity index (χ1v) is 7.50. The molecule has 0 amide bonds. The molecule has 2 aromatic carbocycles. The average Bonchev–Trinajstić information content (AvgIpc) is 2.84. The molecular weight excluding hydrogens is 274 g/mol. The lowest BCUT2D eigenvalue weighted by molar-refractivity contribution is -0.136. The van der Waals surface area contributed by atoms with Crippen LogP contribution in [0, 0.1) is 6.92 Å². The first-order chi connectivity index (χ1) is 10.6. The van der Waals surface area contributed by atoms with Gasteiger partial charge in [-0.1, -0.05) is 36.8 Å². The molecule has 0 spiro atoms. The van der Waals surface area contributed by atoms with Gasteiger partial charge in [0.05, 0.1) is 12.1 Å². The maximum absolute atomic E-state index is 11.3. The Labute approximate surface area is 129 Å². The number of benzene rings is 2. The molecule has 0 radical (unpaired) electrons. The summed E-state index contributed by atoms with van der Waals surface area (Å²) in [6.07, 6.45) is 0.962. The van der Waals surface area contributed by atoms with Crippen LogP contribution in [0.2, 0.25) is 0 Å². The predicted molar refractivity (Wildman–Crippen MR) is 89.2 cm³/mol. The zero-order valence-corrected chi connectivity index (χ0v) is 12.8. The summed E-state index contributed by atoms with van der Waals surface area (Å²) in [5.74, 6) is -0.809. The van der Waals surface area contributed by atoms with E-state index in [1.165, 1.54) is 5.56 Å². The van der Waals surface area contributed by atoms with E-state index in [2.05, 4.69) is 30.1 Å². The van der Waals surface area contributed by atoms with Crippen molar-refractivity contribution in [2.75, 3.05) is 0 Å². The molecular formula is C19H19NO2. The Bertz CT molecular complexity index is 846. The standard InChI is InChI=1S/C19H19NO2/c1-3-13-7-8-17-15(10-13)16(11-18(21)22)19(20-17)14-6-4-5-12(2)9-14/h4-10,20H,3,11H2,1-2H3,(H,21,22). The van der Waals surface area contributed by atoms with E-state index in [1.807, 2.05) is 31.2 Å². The van der Waals surface area contributed by atoms with Crippen LogP contribution in [0.15, 0.2) is 42.5 Å². The van der Waals surface area contributed by atoms with Gasteiger partial charge in [0.15, 0.2) is 0 Å². The third kappa shape index (κ3) is 2.62. The van der Waals surface area contributed by atoms with Crippen LogP contribution in [0.25, 0.3) is 22.2 Å². The van der Waals surface area contributed by atoms with E-state index in [0.717, 1.165) is 39.7 Å². The maximum Gasteiger partial charge on any atom is 0.307 e. The SMILES string of the molecule is CCc1ccc2[nH]c(-c3cccc(C)c3)c(CC(=O)O)c2c1. The number of aromatic amines is 1. The van der Waals surface area contributed by atoms with Gasteiger partial charge in [0.1, 0.15) is 0 Å². The number of aromatic nitrogens is 1. The molecule has 3 aromatic rings. The molecule has 0 atom stereocenters. The van der Waals surface area contributed by atoms with Gasteiger partial charge >= 0.3 is 5.97 Å². The van der Waals surface area contributed by atoms with Gasteiger partial charge in [-0.25, -0.2) is 0 Å². The molecule has 0 unspecified atom stereocenters. The third-order valence-corrected chi connectivity index (χ3v) is 4.01. The zero-order chi connectivity index (χ0) is 15.7. The maximum atomic E-state index is 11.3. The van der Waals surface area contributed by atoms with Crippen molar-refractivity contribution in [3.8, 4) is 11.3 Å². The van der Waals surface area contributed by atoms with Crippen LogP contribution in [0.1, 0.15) is 23.6 Å². The van der Waals surface area contributed by atoms with E-state index >= 15 is 0 Å². The molecule has 0 aliphatic rings. The highest BCUT2D eigenvalue weighted by Crippen LogP contribution is 2.32. The predicted octanol–water partition coefficient (Wildman–Crippen LogP) is 4.33. The summed E-state index contributed by atoms with van der Waals surface area (Å²) in [7, 11) is 0. The normalized spacial score (nSPS) is 11.0. The first kappa shape index (κ1) is 14.4. The van der Waals surface area contributed by atoms with E-state index in [1.54, 1.807) is 0 Å². The summed E-state index contributed by atoms with van der Waals surface area (Å²) in [6.45, 7) is 4.14. The number of hydrogen-bond acceptors (Lipinski definition) is 1. The second kappa shape index (κ2) is 5.68. The highest BCUT2D eigenvalue weighted by molar-refractivity contribution is 5.94. The second-order valence-electron chi connectivity index (χ2n) is 5.65. The quantitative estimate of drug-likeness (QED) is 0.752. The number of rotatable bonds is 4. The molecule has 22 heavy (non-hydrogen) atoms. The van der Waals surface area contributed by atoms with E-state index in [9.17, 15) is 9.90 Å². The van der Waals surface area contributed by atoms with Gasteiger partial charge in [-0.15, -0.1) is 0 Å². The third-order valence-electron chi connectivity index (χ3n) is 4.01.